The van der Waals surface area contributed by atoms with Gasteiger partial charge in [-0.25, -0.2) is 0 Å². The van der Waals surface area contributed by atoms with Gasteiger partial charge in [-0.2, -0.15) is 18.1 Å². The molecule has 0 rings (SSSR count). The molecule has 0 aromatic rings. The largest absolute Gasteiger partial charge is 0.548 e. The second-order valence-corrected chi connectivity index (χ2v) is 3.35. The lowest BCUT2D eigenvalue weighted by atomic mass is 10.5. The molecule has 0 aromatic heterocycles. The smallest absolute Gasteiger partial charge is 0.527 e. The van der Waals surface area contributed by atoms with E-state index >= 15 is 0 Å². The van der Waals surface area contributed by atoms with Gasteiger partial charge in [0.2, 0.25) is 0 Å². The summed E-state index contributed by atoms with van der Waals surface area (Å²) in [5.41, 5.74) is 0. The summed E-state index contributed by atoms with van der Waals surface area (Å²) in [5, 5.41) is 9.97. The van der Waals surface area contributed by atoms with Gasteiger partial charge in [0.15, 0.2) is 0 Å². The van der Waals surface area contributed by atoms with E-state index in [2.05, 4.69) is 0 Å². The van der Waals surface area contributed by atoms with Crippen molar-refractivity contribution in [3.63, 3.8) is 0 Å². The van der Waals surface area contributed by atoms with Crippen LogP contribution in [-0.2, 0) is 14.2 Å². The molecule has 1 atom stereocenters. The van der Waals surface area contributed by atoms with E-state index in [9.17, 15) is 32.4 Å². The number of aliphatic carboxylic acids is 1. The highest BCUT2D eigenvalue weighted by molar-refractivity contribution is 7.37. The third-order valence-electron chi connectivity index (χ3n) is 1.14. The van der Waals surface area contributed by atoms with Gasteiger partial charge in [-0.05, 0) is 4.57 Å². The van der Waals surface area contributed by atoms with Gasteiger partial charge in [0.1, 0.15) is 0 Å². The number of carboxylic acids is 1. The molecule has 0 aliphatic rings. The van der Waals surface area contributed by atoms with E-state index in [0.29, 0.717) is 0 Å². The van der Waals surface area contributed by atoms with Crippen molar-refractivity contribution in [2.24, 2.45) is 0 Å². The van der Waals surface area contributed by atoms with Crippen LogP contribution < -0.4 is 5.11 Å². The molecule has 6 nitrogen and oxygen atoms in total. The molecular formula is C5H5F3NO5P. The fourth-order valence-corrected chi connectivity index (χ4v) is 1.19. The number of carbonyl (C=O) groups is 2. The van der Waals surface area contributed by atoms with Crippen LogP contribution in [0.15, 0.2) is 0 Å². The van der Waals surface area contributed by atoms with Crippen molar-refractivity contribution in [1.29, 1.82) is 0 Å². The summed E-state index contributed by atoms with van der Waals surface area (Å²) in [6, 6.07) is 0. The Morgan fingerprint density at radius 1 is 1.40 bits per heavy atom. The molecule has 0 aliphatic heterocycles. The zero-order valence-corrected chi connectivity index (χ0v) is 7.92. The Kier molecular flexibility index (Phi) is 4.63. The normalized spacial score (nSPS) is 12.1. The van der Waals surface area contributed by atoms with Gasteiger partial charge >= 0.3 is 20.1 Å². The van der Waals surface area contributed by atoms with Crippen LogP contribution >= 0.6 is 8.03 Å². The van der Waals surface area contributed by atoms with Crippen LogP contribution in [0.25, 0.3) is 0 Å². The molecule has 1 unspecified atom stereocenters. The Morgan fingerprint density at radius 2 is 1.87 bits per heavy atom. The van der Waals surface area contributed by atoms with E-state index in [1.54, 1.807) is 0 Å². The molecule has 0 bridgehead atoms. The van der Waals surface area contributed by atoms with E-state index in [1.807, 2.05) is 0 Å². The molecule has 86 valence electrons. The van der Waals surface area contributed by atoms with E-state index in [-0.39, 0.29) is 4.90 Å². The summed E-state index contributed by atoms with van der Waals surface area (Å²) >= 11 is 0. The molecule has 0 aliphatic carbocycles. The SMILES string of the molecule is O=C([O-])CN(C[P+](=O)O)C(=O)C(F)(F)F. The molecule has 15 heavy (non-hydrogen) atoms. The first kappa shape index (κ1) is 13.8. The lowest BCUT2D eigenvalue weighted by molar-refractivity contribution is -0.306. The average molecular weight is 247 g/mol. The summed E-state index contributed by atoms with van der Waals surface area (Å²) in [5.74, 6) is -4.45. The van der Waals surface area contributed by atoms with E-state index in [4.69, 9.17) is 4.89 Å². The molecule has 0 saturated carbocycles. The predicted molar refractivity (Wildman–Crippen MR) is 37.5 cm³/mol. The lowest BCUT2D eigenvalue weighted by Crippen LogP contribution is -2.46. The quantitative estimate of drug-likeness (QED) is 0.630. The molecule has 0 aromatic carbocycles. The van der Waals surface area contributed by atoms with Gasteiger partial charge in [-0.15, -0.1) is 0 Å². The molecular weight excluding hydrogens is 242 g/mol. The highest BCUT2D eigenvalue weighted by Gasteiger charge is 2.44. The summed E-state index contributed by atoms with van der Waals surface area (Å²) < 4.78 is 45.7. The Hall–Kier alpha value is -1.21. The van der Waals surface area contributed by atoms with Crippen molar-refractivity contribution < 1.29 is 37.3 Å². The maximum Gasteiger partial charge on any atom is 0.527 e. The third-order valence-corrected chi connectivity index (χ3v) is 1.72. The number of hydrogen-bond acceptors (Lipinski definition) is 4. The van der Waals surface area contributed by atoms with Crippen LogP contribution in [0.2, 0.25) is 0 Å². The molecule has 10 heteroatoms. The van der Waals surface area contributed by atoms with Crippen molar-refractivity contribution in [2.45, 2.75) is 6.18 Å². The highest BCUT2D eigenvalue weighted by Crippen LogP contribution is 2.22. The molecule has 0 heterocycles. The van der Waals surface area contributed by atoms with E-state index in [1.165, 1.54) is 0 Å². The number of rotatable bonds is 4. The molecule has 0 saturated heterocycles. The van der Waals surface area contributed by atoms with Crippen LogP contribution in [0.1, 0.15) is 0 Å². The first-order chi connectivity index (χ1) is 6.64. The fourth-order valence-electron chi connectivity index (χ4n) is 0.667. The highest BCUT2D eigenvalue weighted by atomic mass is 31.1. The van der Waals surface area contributed by atoms with Gasteiger partial charge in [0.05, 0.1) is 12.5 Å². The van der Waals surface area contributed by atoms with E-state index < -0.39 is 38.9 Å². The zero-order chi connectivity index (χ0) is 12.2. The zero-order valence-electron chi connectivity index (χ0n) is 7.02. The standard InChI is InChI=1S/C5H5F3NO5P/c6-5(7,8)4(12)9(1-3(10)11)2-15(13)14/h1-2H2,(H-,10,11,13,14). The number of halogens is 3. The summed E-state index contributed by atoms with van der Waals surface area (Å²) in [6.45, 7) is -1.39. The Balaban J connectivity index is 4.70. The van der Waals surface area contributed by atoms with Crippen molar-refractivity contribution in [1.82, 2.24) is 4.90 Å². The number of nitrogens with zero attached hydrogens (tertiary/aromatic N) is 1. The minimum atomic E-state index is -5.29. The summed E-state index contributed by atoms with van der Waals surface area (Å²) in [6.07, 6.45) is -6.50. The number of amides is 1. The number of hydrogen-bond donors (Lipinski definition) is 1. The van der Waals surface area contributed by atoms with Crippen molar-refractivity contribution >= 4 is 19.9 Å². The Labute approximate surface area is 82.2 Å². The molecule has 1 N–H and O–H groups in total. The Morgan fingerprint density at radius 3 is 2.13 bits per heavy atom. The van der Waals surface area contributed by atoms with E-state index in [0.717, 1.165) is 0 Å². The predicted octanol–water partition coefficient (Wildman–Crippen LogP) is -1.18. The van der Waals surface area contributed by atoms with Gasteiger partial charge in [0, 0.05) is 0 Å². The minimum Gasteiger partial charge on any atom is -0.548 e. The van der Waals surface area contributed by atoms with Gasteiger partial charge in [0.25, 0.3) is 6.29 Å². The first-order valence-electron chi connectivity index (χ1n) is 3.34. The summed E-state index contributed by atoms with van der Waals surface area (Å²) in [4.78, 5) is 28.5. The molecule has 0 fully saturated rings. The average Bonchev–Trinajstić information content (AvgIpc) is 1.98. The minimum absolute atomic E-state index is 0.311. The Bertz CT molecular complexity index is 275. The van der Waals surface area contributed by atoms with Crippen LogP contribution in [0.5, 0.6) is 0 Å². The number of carbonyl (C=O) groups excluding carboxylic acids is 2. The van der Waals surface area contributed by atoms with Gasteiger partial charge < -0.3 is 9.90 Å². The lowest BCUT2D eigenvalue weighted by Gasteiger charge is -2.18. The molecule has 0 spiro atoms. The van der Waals surface area contributed by atoms with Crippen molar-refractivity contribution in [3.05, 3.63) is 0 Å². The summed E-state index contributed by atoms with van der Waals surface area (Å²) in [7, 11) is -3.09. The van der Waals surface area contributed by atoms with Crippen molar-refractivity contribution in [2.75, 3.05) is 12.8 Å². The first-order valence-corrected chi connectivity index (χ1v) is 4.74. The van der Waals surface area contributed by atoms with Crippen molar-refractivity contribution in [3.8, 4) is 0 Å². The van der Waals surface area contributed by atoms with Crippen LogP contribution in [-0.4, -0.2) is 40.7 Å². The monoisotopic (exact) mass is 247 g/mol. The maximum atomic E-state index is 11.8. The number of alkyl halides is 3. The fraction of sp³-hybridized carbons (Fsp3) is 0.600. The van der Waals surface area contributed by atoms with Gasteiger partial charge in [-0.3, -0.25) is 9.69 Å². The van der Waals surface area contributed by atoms with Crippen LogP contribution in [0, 0.1) is 0 Å². The topological polar surface area (TPSA) is 97.7 Å². The number of carboxylic acid groups (broad SMARTS) is 1. The molecule has 1 amide bonds. The van der Waals surface area contributed by atoms with Gasteiger partial charge in [-0.1, -0.05) is 0 Å². The van der Waals surface area contributed by atoms with Crippen LogP contribution in [0.4, 0.5) is 13.2 Å². The maximum absolute atomic E-state index is 11.8. The second kappa shape index (κ2) is 5.04. The molecule has 0 radical (unpaired) electrons. The third kappa shape index (κ3) is 5.28. The second-order valence-electron chi connectivity index (χ2n) is 2.37. The van der Waals surface area contributed by atoms with Crippen LogP contribution in [0.3, 0.4) is 0 Å².